The number of piperazine rings is 1. The minimum absolute atomic E-state index is 0.000274. The van der Waals surface area contributed by atoms with Gasteiger partial charge in [0.1, 0.15) is 0 Å². The van der Waals surface area contributed by atoms with Gasteiger partial charge >= 0.3 is 0 Å². The minimum atomic E-state index is -0.0396. The highest BCUT2D eigenvalue weighted by molar-refractivity contribution is 5.97. The number of benzene rings is 2. The van der Waals surface area contributed by atoms with Gasteiger partial charge in [0.2, 0.25) is 5.91 Å². The quantitative estimate of drug-likeness (QED) is 0.649. The van der Waals surface area contributed by atoms with Crippen molar-refractivity contribution in [1.29, 1.82) is 0 Å². The molecule has 1 aliphatic heterocycles. The maximum Gasteiger partial charge on any atom is 0.254 e. The van der Waals surface area contributed by atoms with Crippen molar-refractivity contribution in [2.75, 3.05) is 38.0 Å². The number of carbonyl (C=O) groups excluding carboxylic acids is 2. The van der Waals surface area contributed by atoms with Crippen LogP contribution in [0, 0.1) is 0 Å². The van der Waals surface area contributed by atoms with Gasteiger partial charge in [-0.05, 0) is 43.2 Å². The first kappa shape index (κ1) is 21.9. The summed E-state index contributed by atoms with van der Waals surface area (Å²) in [5, 5.41) is 2.91. The molecule has 3 aromatic rings. The lowest BCUT2D eigenvalue weighted by molar-refractivity contribution is -0.117. The lowest BCUT2D eigenvalue weighted by atomic mass is 10.1. The summed E-state index contributed by atoms with van der Waals surface area (Å²) in [6.07, 6.45) is 1.67. The molecular formula is C25H29N5O2. The maximum atomic E-state index is 13.1. The highest BCUT2D eigenvalue weighted by Gasteiger charge is 2.23. The summed E-state index contributed by atoms with van der Waals surface area (Å²) in [5.74, 6) is -0.0399. The van der Waals surface area contributed by atoms with E-state index in [9.17, 15) is 9.59 Å². The highest BCUT2D eigenvalue weighted by Crippen LogP contribution is 2.18. The van der Waals surface area contributed by atoms with Crippen LogP contribution in [-0.2, 0) is 17.6 Å². The number of hydrogen-bond donors (Lipinski definition) is 1. The SMILES string of the molecule is CCc1nc2ccc(C(=O)N3CCN(CC(=O)Nc4ccccc4)CC3)cc2nc1CC. The van der Waals surface area contributed by atoms with Crippen molar-refractivity contribution < 1.29 is 9.59 Å². The van der Waals surface area contributed by atoms with Crippen molar-refractivity contribution in [3.05, 3.63) is 65.5 Å². The Labute approximate surface area is 188 Å². The number of aromatic nitrogens is 2. The zero-order valence-corrected chi connectivity index (χ0v) is 18.7. The third-order valence-corrected chi connectivity index (χ3v) is 5.82. The van der Waals surface area contributed by atoms with Crippen LogP contribution in [0.15, 0.2) is 48.5 Å². The van der Waals surface area contributed by atoms with E-state index < -0.39 is 0 Å². The van der Waals surface area contributed by atoms with Crippen LogP contribution in [0.1, 0.15) is 35.6 Å². The Balaban J connectivity index is 1.36. The fourth-order valence-electron chi connectivity index (χ4n) is 4.04. The molecule has 1 fully saturated rings. The van der Waals surface area contributed by atoms with Gasteiger partial charge in [0.25, 0.3) is 5.91 Å². The molecule has 1 aromatic heterocycles. The van der Waals surface area contributed by atoms with E-state index in [2.05, 4.69) is 24.1 Å². The van der Waals surface area contributed by atoms with E-state index in [0.717, 1.165) is 41.0 Å². The van der Waals surface area contributed by atoms with E-state index >= 15 is 0 Å². The summed E-state index contributed by atoms with van der Waals surface area (Å²) in [7, 11) is 0. The van der Waals surface area contributed by atoms with Gasteiger partial charge < -0.3 is 10.2 Å². The van der Waals surface area contributed by atoms with E-state index in [1.165, 1.54) is 0 Å². The van der Waals surface area contributed by atoms with E-state index in [-0.39, 0.29) is 11.8 Å². The van der Waals surface area contributed by atoms with Gasteiger partial charge in [-0.3, -0.25) is 14.5 Å². The molecule has 1 N–H and O–H groups in total. The molecule has 0 aliphatic carbocycles. The number of para-hydroxylation sites is 1. The number of amides is 2. The van der Waals surface area contributed by atoms with Gasteiger partial charge in [-0.2, -0.15) is 0 Å². The zero-order valence-electron chi connectivity index (χ0n) is 18.7. The van der Waals surface area contributed by atoms with Crippen LogP contribution in [0.3, 0.4) is 0 Å². The number of aryl methyl sites for hydroxylation is 2. The van der Waals surface area contributed by atoms with Gasteiger partial charge in [-0.1, -0.05) is 32.0 Å². The number of nitrogens with zero attached hydrogens (tertiary/aromatic N) is 4. The molecule has 0 bridgehead atoms. The molecule has 166 valence electrons. The first-order valence-electron chi connectivity index (χ1n) is 11.2. The fraction of sp³-hybridized carbons (Fsp3) is 0.360. The lowest BCUT2D eigenvalue weighted by Crippen LogP contribution is -2.50. The van der Waals surface area contributed by atoms with Crippen molar-refractivity contribution in [3.63, 3.8) is 0 Å². The topological polar surface area (TPSA) is 78.4 Å². The number of anilines is 1. The number of nitrogens with one attached hydrogen (secondary N) is 1. The predicted octanol–water partition coefficient (Wildman–Crippen LogP) is 3.15. The summed E-state index contributed by atoms with van der Waals surface area (Å²) in [6, 6.07) is 15.0. The van der Waals surface area contributed by atoms with Gasteiger partial charge in [-0.25, -0.2) is 9.97 Å². The lowest BCUT2D eigenvalue weighted by Gasteiger charge is -2.34. The van der Waals surface area contributed by atoms with Crippen LogP contribution >= 0.6 is 0 Å². The number of hydrogen-bond acceptors (Lipinski definition) is 5. The first-order valence-corrected chi connectivity index (χ1v) is 11.2. The second kappa shape index (κ2) is 9.87. The Bertz CT molecular complexity index is 1110. The zero-order chi connectivity index (χ0) is 22.5. The molecule has 0 radical (unpaired) electrons. The normalized spacial score (nSPS) is 14.5. The van der Waals surface area contributed by atoms with Crippen molar-refractivity contribution >= 4 is 28.5 Å². The van der Waals surface area contributed by atoms with E-state index in [1.807, 2.05) is 53.4 Å². The van der Waals surface area contributed by atoms with Crippen LogP contribution in [0.4, 0.5) is 5.69 Å². The molecule has 7 heteroatoms. The van der Waals surface area contributed by atoms with Crippen LogP contribution < -0.4 is 5.32 Å². The minimum Gasteiger partial charge on any atom is -0.336 e. The van der Waals surface area contributed by atoms with E-state index in [1.54, 1.807) is 0 Å². The maximum absolute atomic E-state index is 13.1. The van der Waals surface area contributed by atoms with Crippen molar-refractivity contribution in [1.82, 2.24) is 19.8 Å². The van der Waals surface area contributed by atoms with E-state index in [0.29, 0.717) is 38.3 Å². The van der Waals surface area contributed by atoms with Gasteiger partial charge in [0.15, 0.2) is 0 Å². The van der Waals surface area contributed by atoms with Crippen LogP contribution in [0.2, 0.25) is 0 Å². The van der Waals surface area contributed by atoms with Crippen molar-refractivity contribution in [3.8, 4) is 0 Å². The Morgan fingerprint density at radius 2 is 1.53 bits per heavy atom. The van der Waals surface area contributed by atoms with Crippen LogP contribution in [-0.4, -0.2) is 64.3 Å². The molecule has 4 rings (SSSR count). The monoisotopic (exact) mass is 431 g/mol. The Hall–Kier alpha value is -3.32. The van der Waals surface area contributed by atoms with Crippen molar-refractivity contribution in [2.24, 2.45) is 0 Å². The molecule has 0 atom stereocenters. The molecule has 1 saturated heterocycles. The van der Waals surface area contributed by atoms with Crippen LogP contribution in [0.25, 0.3) is 11.0 Å². The highest BCUT2D eigenvalue weighted by atomic mass is 16.2. The van der Waals surface area contributed by atoms with Gasteiger partial charge in [0.05, 0.1) is 29.0 Å². The standard InChI is InChI=1S/C25H29N5O2/c1-3-20-21(4-2)28-23-16-18(10-11-22(23)27-20)25(32)30-14-12-29(13-15-30)17-24(31)26-19-8-6-5-7-9-19/h5-11,16H,3-4,12-15,17H2,1-2H3,(H,26,31). The first-order chi connectivity index (χ1) is 15.6. The molecule has 0 spiro atoms. The summed E-state index contributed by atoms with van der Waals surface area (Å²) in [4.78, 5) is 38.7. The molecule has 1 aliphatic rings. The largest absolute Gasteiger partial charge is 0.336 e. The molecule has 32 heavy (non-hydrogen) atoms. The van der Waals surface area contributed by atoms with Gasteiger partial charge in [0, 0.05) is 37.4 Å². The third-order valence-electron chi connectivity index (χ3n) is 5.82. The number of carbonyl (C=O) groups is 2. The molecule has 2 heterocycles. The summed E-state index contributed by atoms with van der Waals surface area (Å²) < 4.78 is 0. The molecule has 2 amide bonds. The Kier molecular flexibility index (Phi) is 6.75. The second-order valence-electron chi connectivity index (χ2n) is 8.01. The predicted molar refractivity (Wildman–Crippen MR) is 126 cm³/mol. The summed E-state index contributed by atoms with van der Waals surface area (Å²) >= 11 is 0. The average molecular weight is 432 g/mol. The molecule has 0 saturated carbocycles. The fourth-order valence-corrected chi connectivity index (χ4v) is 4.04. The number of rotatable bonds is 6. The molecule has 0 unspecified atom stereocenters. The second-order valence-corrected chi connectivity index (χ2v) is 8.01. The summed E-state index contributed by atoms with van der Waals surface area (Å²) in [6.45, 7) is 7.00. The molecule has 7 nitrogen and oxygen atoms in total. The third kappa shape index (κ3) is 4.94. The molecule has 2 aromatic carbocycles. The van der Waals surface area contributed by atoms with Crippen molar-refractivity contribution in [2.45, 2.75) is 26.7 Å². The average Bonchev–Trinajstić information content (AvgIpc) is 2.83. The van der Waals surface area contributed by atoms with E-state index in [4.69, 9.17) is 9.97 Å². The number of fused-ring (bicyclic) bond motifs is 1. The van der Waals surface area contributed by atoms with Crippen LogP contribution in [0.5, 0.6) is 0 Å². The van der Waals surface area contributed by atoms with Gasteiger partial charge in [-0.15, -0.1) is 0 Å². The Morgan fingerprint density at radius 3 is 2.19 bits per heavy atom. The Morgan fingerprint density at radius 1 is 0.875 bits per heavy atom. The smallest absolute Gasteiger partial charge is 0.254 e. The summed E-state index contributed by atoms with van der Waals surface area (Å²) in [5.41, 5.74) is 5.03. The molecular weight excluding hydrogens is 402 g/mol.